The quantitative estimate of drug-likeness (QED) is 0.768. The van der Waals surface area contributed by atoms with Crippen LogP contribution in [0.25, 0.3) is 10.9 Å². The van der Waals surface area contributed by atoms with Gasteiger partial charge in [0.25, 0.3) is 0 Å². The molecule has 106 valence electrons. The third-order valence-electron chi connectivity index (χ3n) is 3.21. The van der Waals surface area contributed by atoms with E-state index in [0.717, 1.165) is 28.0 Å². The fourth-order valence-corrected chi connectivity index (χ4v) is 2.20. The highest BCUT2D eigenvalue weighted by Crippen LogP contribution is 2.22. The van der Waals surface area contributed by atoms with Gasteiger partial charge in [-0.3, -0.25) is 0 Å². The van der Waals surface area contributed by atoms with Gasteiger partial charge in [-0.15, -0.1) is 0 Å². The molecule has 3 rings (SSSR count). The SMILES string of the molecule is COc1cccc(CNc2nc(N)nc3ccccc23)c1. The van der Waals surface area contributed by atoms with Crippen LogP contribution in [0.2, 0.25) is 0 Å². The average molecular weight is 280 g/mol. The summed E-state index contributed by atoms with van der Waals surface area (Å²) in [6.45, 7) is 0.637. The van der Waals surface area contributed by atoms with Gasteiger partial charge in [0.2, 0.25) is 5.95 Å². The number of para-hydroxylation sites is 1. The van der Waals surface area contributed by atoms with Crippen molar-refractivity contribution in [2.24, 2.45) is 0 Å². The minimum Gasteiger partial charge on any atom is -0.497 e. The van der Waals surface area contributed by atoms with Crippen LogP contribution in [-0.2, 0) is 6.54 Å². The van der Waals surface area contributed by atoms with Gasteiger partial charge in [-0.25, -0.2) is 4.98 Å². The normalized spacial score (nSPS) is 10.5. The van der Waals surface area contributed by atoms with Gasteiger partial charge in [-0.2, -0.15) is 4.98 Å². The number of rotatable bonds is 4. The van der Waals surface area contributed by atoms with Crippen LogP contribution in [0.1, 0.15) is 5.56 Å². The Hall–Kier alpha value is -2.82. The van der Waals surface area contributed by atoms with Crippen molar-refractivity contribution in [2.75, 3.05) is 18.2 Å². The third kappa shape index (κ3) is 2.86. The zero-order chi connectivity index (χ0) is 14.7. The summed E-state index contributed by atoms with van der Waals surface area (Å²) in [5.74, 6) is 1.84. The molecule has 21 heavy (non-hydrogen) atoms. The fraction of sp³-hybridized carbons (Fsp3) is 0.125. The number of aromatic nitrogens is 2. The van der Waals surface area contributed by atoms with E-state index in [2.05, 4.69) is 15.3 Å². The Morgan fingerprint density at radius 3 is 2.81 bits per heavy atom. The molecule has 5 nitrogen and oxygen atoms in total. The van der Waals surface area contributed by atoms with E-state index in [-0.39, 0.29) is 5.95 Å². The lowest BCUT2D eigenvalue weighted by Gasteiger charge is -2.10. The summed E-state index contributed by atoms with van der Waals surface area (Å²) in [5.41, 5.74) is 7.70. The molecule has 0 bridgehead atoms. The van der Waals surface area contributed by atoms with E-state index < -0.39 is 0 Å². The van der Waals surface area contributed by atoms with Gasteiger partial charge in [0.15, 0.2) is 0 Å². The highest BCUT2D eigenvalue weighted by molar-refractivity contribution is 5.89. The van der Waals surface area contributed by atoms with Crippen LogP contribution in [0.5, 0.6) is 5.75 Å². The predicted molar refractivity (Wildman–Crippen MR) is 84.3 cm³/mol. The van der Waals surface area contributed by atoms with Gasteiger partial charge in [0, 0.05) is 11.9 Å². The summed E-state index contributed by atoms with van der Waals surface area (Å²) in [5, 5.41) is 4.26. The number of nitrogens with zero attached hydrogens (tertiary/aromatic N) is 2. The van der Waals surface area contributed by atoms with Crippen molar-refractivity contribution < 1.29 is 4.74 Å². The molecule has 0 atom stereocenters. The maximum absolute atomic E-state index is 5.76. The van der Waals surface area contributed by atoms with E-state index in [9.17, 15) is 0 Å². The molecular formula is C16H16N4O. The number of hydrogen-bond acceptors (Lipinski definition) is 5. The summed E-state index contributed by atoms with van der Waals surface area (Å²) in [6, 6.07) is 15.7. The lowest BCUT2D eigenvalue weighted by molar-refractivity contribution is 0.414. The van der Waals surface area contributed by atoms with Gasteiger partial charge in [0.05, 0.1) is 12.6 Å². The number of nitrogen functional groups attached to an aromatic ring is 1. The third-order valence-corrected chi connectivity index (χ3v) is 3.21. The zero-order valence-electron chi connectivity index (χ0n) is 11.7. The Kier molecular flexibility index (Phi) is 3.55. The van der Waals surface area contributed by atoms with Gasteiger partial charge >= 0.3 is 0 Å². The topological polar surface area (TPSA) is 73.1 Å². The lowest BCUT2D eigenvalue weighted by atomic mass is 10.2. The summed E-state index contributed by atoms with van der Waals surface area (Å²) in [4.78, 5) is 8.51. The van der Waals surface area contributed by atoms with Crippen LogP contribution in [0.4, 0.5) is 11.8 Å². The van der Waals surface area contributed by atoms with Crippen molar-refractivity contribution in [1.82, 2.24) is 9.97 Å². The number of hydrogen-bond donors (Lipinski definition) is 2. The monoisotopic (exact) mass is 280 g/mol. The van der Waals surface area contributed by atoms with Crippen molar-refractivity contribution in [3.63, 3.8) is 0 Å². The Balaban J connectivity index is 1.87. The number of methoxy groups -OCH3 is 1. The van der Waals surface area contributed by atoms with E-state index in [4.69, 9.17) is 10.5 Å². The molecule has 0 aliphatic heterocycles. The molecular weight excluding hydrogens is 264 g/mol. The number of nitrogens with two attached hydrogens (primary N) is 1. The van der Waals surface area contributed by atoms with Crippen LogP contribution in [0.3, 0.4) is 0 Å². The Labute approximate surface area is 122 Å². The first-order valence-corrected chi connectivity index (χ1v) is 6.65. The van der Waals surface area contributed by atoms with Crippen LogP contribution >= 0.6 is 0 Å². The molecule has 3 aromatic rings. The van der Waals surface area contributed by atoms with Crippen LogP contribution in [-0.4, -0.2) is 17.1 Å². The maximum atomic E-state index is 5.76. The predicted octanol–water partition coefficient (Wildman–Crippen LogP) is 2.83. The molecule has 1 aromatic heterocycles. The molecule has 1 heterocycles. The van der Waals surface area contributed by atoms with E-state index >= 15 is 0 Å². The minimum atomic E-state index is 0.266. The van der Waals surface area contributed by atoms with Gasteiger partial charge in [0.1, 0.15) is 11.6 Å². The van der Waals surface area contributed by atoms with Crippen molar-refractivity contribution >= 4 is 22.7 Å². The van der Waals surface area contributed by atoms with Crippen molar-refractivity contribution in [1.29, 1.82) is 0 Å². The van der Waals surface area contributed by atoms with E-state index in [1.807, 2.05) is 48.5 Å². The van der Waals surface area contributed by atoms with Gasteiger partial charge < -0.3 is 15.8 Å². The second-order valence-corrected chi connectivity index (χ2v) is 4.65. The zero-order valence-corrected chi connectivity index (χ0v) is 11.7. The first-order chi connectivity index (χ1) is 10.3. The summed E-state index contributed by atoms with van der Waals surface area (Å²) < 4.78 is 5.22. The highest BCUT2D eigenvalue weighted by Gasteiger charge is 2.05. The number of nitrogens with one attached hydrogen (secondary N) is 1. The molecule has 2 aromatic carbocycles. The van der Waals surface area contributed by atoms with Crippen LogP contribution < -0.4 is 15.8 Å². The van der Waals surface area contributed by atoms with Gasteiger partial charge in [-0.1, -0.05) is 24.3 Å². The maximum Gasteiger partial charge on any atom is 0.222 e. The van der Waals surface area contributed by atoms with Crippen LogP contribution in [0.15, 0.2) is 48.5 Å². The molecule has 5 heteroatoms. The lowest BCUT2D eigenvalue weighted by Crippen LogP contribution is -2.05. The number of ether oxygens (including phenoxy) is 1. The first-order valence-electron chi connectivity index (χ1n) is 6.65. The number of benzene rings is 2. The molecule has 0 fully saturated rings. The van der Waals surface area contributed by atoms with Crippen molar-refractivity contribution in [2.45, 2.75) is 6.54 Å². The number of anilines is 2. The smallest absolute Gasteiger partial charge is 0.222 e. The second kappa shape index (κ2) is 5.66. The first kappa shape index (κ1) is 13.2. The Morgan fingerprint density at radius 1 is 1.10 bits per heavy atom. The minimum absolute atomic E-state index is 0.266. The largest absolute Gasteiger partial charge is 0.497 e. The Morgan fingerprint density at radius 2 is 1.95 bits per heavy atom. The molecule has 0 saturated carbocycles. The van der Waals surface area contributed by atoms with Crippen LogP contribution in [0, 0.1) is 0 Å². The molecule has 0 spiro atoms. The molecule has 0 amide bonds. The summed E-state index contributed by atoms with van der Waals surface area (Å²) in [7, 11) is 1.66. The Bertz CT molecular complexity index is 773. The van der Waals surface area contributed by atoms with E-state index in [1.54, 1.807) is 7.11 Å². The molecule has 0 radical (unpaired) electrons. The van der Waals surface area contributed by atoms with E-state index in [0.29, 0.717) is 6.54 Å². The molecule has 3 N–H and O–H groups in total. The summed E-state index contributed by atoms with van der Waals surface area (Å²) in [6.07, 6.45) is 0. The second-order valence-electron chi connectivity index (χ2n) is 4.65. The van der Waals surface area contributed by atoms with Gasteiger partial charge in [-0.05, 0) is 29.8 Å². The molecule has 0 unspecified atom stereocenters. The standard InChI is InChI=1S/C16H16N4O/c1-21-12-6-4-5-11(9-12)10-18-15-13-7-2-3-8-14(13)19-16(17)20-15/h2-9H,10H2,1H3,(H3,17,18,19,20). The highest BCUT2D eigenvalue weighted by atomic mass is 16.5. The molecule has 0 aliphatic rings. The number of fused-ring (bicyclic) bond motifs is 1. The molecule has 0 aliphatic carbocycles. The average Bonchev–Trinajstić information content (AvgIpc) is 2.52. The van der Waals surface area contributed by atoms with Crippen molar-refractivity contribution in [3.8, 4) is 5.75 Å². The summed E-state index contributed by atoms with van der Waals surface area (Å²) >= 11 is 0. The fourth-order valence-electron chi connectivity index (χ4n) is 2.20. The van der Waals surface area contributed by atoms with Crippen molar-refractivity contribution in [3.05, 3.63) is 54.1 Å². The van der Waals surface area contributed by atoms with E-state index in [1.165, 1.54) is 0 Å². The molecule has 0 saturated heterocycles.